The fourth-order valence-corrected chi connectivity index (χ4v) is 2.36. The van der Waals surface area contributed by atoms with Gasteiger partial charge in [0.2, 0.25) is 12.1 Å². The van der Waals surface area contributed by atoms with Crippen molar-refractivity contribution in [3.8, 4) is 11.5 Å². The van der Waals surface area contributed by atoms with Crippen molar-refractivity contribution in [3.63, 3.8) is 0 Å². The predicted octanol–water partition coefficient (Wildman–Crippen LogP) is 2.34. The Kier molecular flexibility index (Phi) is 2.93. The number of para-hydroxylation sites is 4. The van der Waals surface area contributed by atoms with E-state index in [0.29, 0.717) is 17.4 Å². The number of carbonyl (C=O) groups is 1. The first-order valence-electron chi connectivity index (χ1n) is 6.94. The Bertz CT molecular complexity index is 810. The molecule has 0 bridgehead atoms. The number of hydrogen-bond donors (Lipinski definition) is 2. The van der Waals surface area contributed by atoms with Gasteiger partial charge in [-0.05, 0) is 24.3 Å². The fourth-order valence-electron chi connectivity index (χ4n) is 2.36. The predicted molar refractivity (Wildman–Crippen MR) is 81.1 cm³/mol. The summed E-state index contributed by atoms with van der Waals surface area (Å²) in [4.78, 5) is 19.6. The van der Waals surface area contributed by atoms with Gasteiger partial charge in [0, 0.05) is 0 Å². The third kappa shape index (κ3) is 2.24. The second kappa shape index (κ2) is 5.07. The standard InChI is InChI=1S/C16H13N3O3/c20-15(14-9-21-12-7-3-4-8-13(12)22-14)19-16-17-10-5-1-2-6-11(10)18-16/h1-8,14H,9H2,(H2,17,18,19,20). The van der Waals surface area contributed by atoms with Crippen molar-refractivity contribution in [3.05, 3.63) is 48.5 Å². The molecule has 0 fully saturated rings. The molecule has 0 saturated carbocycles. The summed E-state index contributed by atoms with van der Waals surface area (Å²) in [6, 6.07) is 14.8. The van der Waals surface area contributed by atoms with E-state index in [-0.39, 0.29) is 12.5 Å². The number of aromatic amines is 1. The first kappa shape index (κ1) is 12.7. The van der Waals surface area contributed by atoms with Crippen molar-refractivity contribution in [1.29, 1.82) is 0 Å². The zero-order valence-electron chi connectivity index (χ0n) is 11.6. The number of anilines is 1. The van der Waals surface area contributed by atoms with E-state index in [0.717, 1.165) is 11.0 Å². The van der Waals surface area contributed by atoms with Crippen LogP contribution in [0.3, 0.4) is 0 Å². The van der Waals surface area contributed by atoms with E-state index in [1.807, 2.05) is 42.5 Å². The average Bonchev–Trinajstić information content (AvgIpc) is 2.96. The second-order valence-corrected chi connectivity index (χ2v) is 4.96. The molecule has 1 atom stereocenters. The molecule has 2 heterocycles. The fraction of sp³-hybridized carbons (Fsp3) is 0.125. The van der Waals surface area contributed by atoms with Gasteiger partial charge in [-0.1, -0.05) is 24.3 Å². The lowest BCUT2D eigenvalue weighted by Gasteiger charge is -2.25. The number of amides is 1. The Morgan fingerprint density at radius 1 is 1.14 bits per heavy atom. The summed E-state index contributed by atoms with van der Waals surface area (Å²) in [6.45, 7) is 0.170. The van der Waals surface area contributed by atoms with Gasteiger partial charge in [0.15, 0.2) is 11.5 Å². The van der Waals surface area contributed by atoms with Gasteiger partial charge in [0.25, 0.3) is 5.91 Å². The Hall–Kier alpha value is -3.02. The molecule has 1 unspecified atom stereocenters. The first-order valence-corrected chi connectivity index (χ1v) is 6.94. The van der Waals surface area contributed by atoms with Gasteiger partial charge < -0.3 is 14.5 Å². The molecule has 1 amide bonds. The van der Waals surface area contributed by atoms with E-state index >= 15 is 0 Å². The highest BCUT2D eigenvalue weighted by atomic mass is 16.6. The maximum atomic E-state index is 12.3. The Morgan fingerprint density at radius 3 is 2.77 bits per heavy atom. The van der Waals surface area contributed by atoms with Crippen LogP contribution in [-0.4, -0.2) is 28.6 Å². The van der Waals surface area contributed by atoms with Gasteiger partial charge in [-0.3, -0.25) is 10.1 Å². The Balaban J connectivity index is 1.51. The minimum Gasteiger partial charge on any atom is -0.485 e. The smallest absolute Gasteiger partial charge is 0.271 e. The molecule has 2 aromatic carbocycles. The van der Waals surface area contributed by atoms with Crippen molar-refractivity contribution in [1.82, 2.24) is 9.97 Å². The van der Waals surface area contributed by atoms with Crippen LogP contribution in [0.1, 0.15) is 0 Å². The van der Waals surface area contributed by atoms with Gasteiger partial charge in [-0.15, -0.1) is 0 Å². The Labute approximate surface area is 126 Å². The van der Waals surface area contributed by atoms with Crippen LogP contribution in [0.15, 0.2) is 48.5 Å². The van der Waals surface area contributed by atoms with Crippen LogP contribution >= 0.6 is 0 Å². The molecule has 1 aliphatic rings. The molecule has 110 valence electrons. The number of rotatable bonds is 2. The number of nitrogens with zero attached hydrogens (tertiary/aromatic N) is 1. The maximum Gasteiger partial charge on any atom is 0.271 e. The van der Waals surface area contributed by atoms with Gasteiger partial charge in [0.1, 0.15) is 6.61 Å². The third-order valence-electron chi connectivity index (χ3n) is 3.43. The van der Waals surface area contributed by atoms with Gasteiger partial charge >= 0.3 is 0 Å². The summed E-state index contributed by atoms with van der Waals surface area (Å²) < 4.78 is 11.2. The summed E-state index contributed by atoms with van der Waals surface area (Å²) in [5, 5.41) is 2.72. The van der Waals surface area contributed by atoms with E-state index in [1.54, 1.807) is 6.07 Å². The number of H-pyrrole nitrogens is 1. The number of fused-ring (bicyclic) bond motifs is 2. The molecule has 4 rings (SSSR count). The first-order chi connectivity index (χ1) is 10.8. The van der Waals surface area contributed by atoms with Crippen molar-refractivity contribution >= 4 is 22.9 Å². The Morgan fingerprint density at radius 2 is 1.91 bits per heavy atom. The van der Waals surface area contributed by atoms with Crippen molar-refractivity contribution in [2.45, 2.75) is 6.10 Å². The molecule has 0 spiro atoms. The molecule has 6 nitrogen and oxygen atoms in total. The molecule has 1 aliphatic heterocycles. The highest BCUT2D eigenvalue weighted by molar-refractivity contribution is 5.94. The highest BCUT2D eigenvalue weighted by Gasteiger charge is 2.27. The molecule has 6 heteroatoms. The van der Waals surface area contributed by atoms with E-state index in [1.165, 1.54) is 0 Å². The van der Waals surface area contributed by atoms with Gasteiger partial charge in [-0.2, -0.15) is 0 Å². The molecular weight excluding hydrogens is 282 g/mol. The van der Waals surface area contributed by atoms with Crippen LogP contribution in [0.5, 0.6) is 11.5 Å². The second-order valence-electron chi connectivity index (χ2n) is 4.96. The quantitative estimate of drug-likeness (QED) is 0.761. The topological polar surface area (TPSA) is 76.2 Å². The number of carbonyl (C=O) groups excluding carboxylic acids is 1. The summed E-state index contributed by atoms with van der Waals surface area (Å²) in [5.41, 5.74) is 1.66. The normalized spacial score (nSPS) is 16.5. The molecular formula is C16H13N3O3. The van der Waals surface area contributed by atoms with Gasteiger partial charge in [-0.25, -0.2) is 4.98 Å². The van der Waals surface area contributed by atoms with Crippen LogP contribution in [0.25, 0.3) is 11.0 Å². The number of imidazole rings is 1. The number of benzene rings is 2. The lowest BCUT2D eigenvalue weighted by molar-refractivity contribution is -0.125. The summed E-state index contributed by atoms with van der Waals surface area (Å²) in [7, 11) is 0. The molecule has 1 aromatic heterocycles. The molecule has 2 N–H and O–H groups in total. The zero-order chi connectivity index (χ0) is 14.9. The monoisotopic (exact) mass is 295 g/mol. The van der Waals surface area contributed by atoms with Gasteiger partial charge in [0.05, 0.1) is 11.0 Å². The minimum absolute atomic E-state index is 0.170. The molecule has 3 aromatic rings. The van der Waals surface area contributed by atoms with E-state index in [9.17, 15) is 4.79 Å². The van der Waals surface area contributed by atoms with Crippen molar-refractivity contribution in [2.24, 2.45) is 0 Å². The van der Waals surface area contributed by atoms with Crippen LogP contribution < -0.4 is 14.8 Å². The average molecular weight is 295 g/mol. The molecule has 0 aliphatic carbocycles. The number of nitrogens with one attached hydrogen (secondary N) is 2. The van der Waals surface area contributed by atoms with E-state index in [2.05, 4.69) is 15.3 Å². The van der Waals surface area contributed by atoms with Crippen molar-refractivity contribution < 1.29 is 14.3 Å². The third-order valence-corrected chi connectivity index (χ3v) is 3.43. The largest absolute Gasteiger partial charge is 0.485 e. The number of ether oxygens (including phenoxy) is 2. The zero-order valence-corrected chi connectivity index (χ0v) is 11.6. The summed E-state index contributed by atoms with van der Waals surface area (Å²) in [6.07, 6.45) is -0.705. The SMILES string of the molecule is O=C(Nc1nc2ccccc2[nH]1)C1COc2ccccc2O1. The number of hydrogen-bond acceptors (Lipinski definition) is 4. The molecule has 0 saturated heterocycles. The highest BCUT2D eigenvalue weighted by Crippen LogP contribution is 2.31. The molecule has 0 radical (unpaired) electrons. The summed E-state index contributed by atoms with van der Waals surface area (Å²) >= 11 is 0. The van der Waals surface area contributed by atoms with Crippen LogP contribution in [0, 0.1) is 0 Å². The lowest BCUT2D eigenvalue weighted by atomic mass is 10.2. The van der Waals surface area contributed by atoms with Crippen LogP contribution in [0.4, 0.5) is 5.95 Å². The van der Waals surface area contributed by atoms with Crippen LogP contribution in [0.2, 0.25) is 0 Å². The van der Waals surface area contributed by atoms with Crippen molar-refractivity contribution in [2.75, 3.05) is 11.9 Å². The number of aromatic nitrogens is 2. The lowest BCUT2D eigenvalue weighted by Crippen LogP contribution is -2.40. The molecule has 22 heavy (non-hydrogen) atoms. The van der Waals surface area contributed by atoms with E-state index < -0.39 is 6.10 Å². The van der Waals surface area contributed by atoms with Crippen LogP contribution in [-0.2, 0) is 4.79 Å². The summed E-state index contributed by atoms with van der Waals surface area (Å²) in [5.74, 6) is 1.32. The van der Waals surface area contributed by atoms with E-state index in [4.69, 9.17) is 9.47 Å². The maximum absolute atomic E-state index is 12.3. The minimum atomic E-state index is -0.705.